The molecule has 5 nitrogen and oxygen atoms in total. The molecule has 0 aromatic heterocycles. The Kier molecular flexibility index (Phi) is 8.75. The number of aliphatic hydroxyl groups is 1. The molecular weight excluding hydrogens is 200 g/mol. The second-order valence-electron chi connectivity index (χ2n) is 1.53. The number of rotatable bonds is 4. The number of hydrogen-bond donors (Lipinski definition) is 1. The summed E-state index contributed by atoms with van der Waals surface area (Å²) in [5.74, 6) is 0. The Balaban J connectivity index is -0.000000135. The van der Waals surface area contributed by atoms with Gasteiger partial charge in [0.1, 0.15) is 0 Å². The van der Waals surface area contributed by atoms with Crippen molar-refractivity contribution in [3.8, 4) is 0 Å². The molecule has 11 heavy (non-hydrogen) atoms. The molecule has 0 aliphatic heterocycles. The Morgan fingerprint density at radius 2 is 2.09 bits per heavy atom. The topological polar surface area (TPSA) is 72.8 Å². The molecule has 0 spiro atoms. The quantitative estimate of drug-likeness (QED) is 0.501. The first kappa shape index (κ1) is 14.6. The third-order valence-electron chi connectivity index (χ3n) is 0.782. The van der Waals surface area contributed by atoms with E-state index in [2.05, 4.69) is 8.37 Å². The standard InChI is InChI=1S/C4H10O5S.Ca.2H/c1-3-4(5)9-10(6,7)8-2;;;/h4-5H,3H2,1-2H3;;;/q;+2;2*-1. The fourth-order valence-electron chi connectivity index (χ4n) is 0.243. The van der Waals surface area contributed by atoms with E-state index in [-0.39, 0.29) is 47.0 Å². The van der Waals surface area contributed by atoms with E-state index in [1.54, 1.807) is 6.92 Å². The Bertz CT molecular complexity index is 185. The van der Waals surface area contributed by atoms with Gasteiger partial charge in [-0.2, -0.15) is 8.42 Å². The average molecular weight is 212 g/mol. The van der Waals surface area contributed by atoms with Crippen LogP contribution in [0.3, 0.4) is 0 Å². The largest absolute Gasteiger partial charge is 2.00 e. The minimum absolute atomic E-state index is 0. The Morgan fingerprint density at radius 1 is 1.64 bits per heavy atom. The van der Waals surface area contributed by atoms with Crippen molar-refractivity contribution < 1.29 is 24.7 Å². The van der Waals surface area contributed by atoms with E-state index in [0.29, 0.717) is 0 Å². The van der Waals surface area contributed by atoms with Crippen LogP contribution >= 0.6 is 0 Å². The zero-order valence-electron chi connectivity index (χ0n) is 8.48. The van der Waals surface area contributed by atoms with Crippen LogP contribution in [-0.2, 0) is 18.8 Å². The Labute approximate surface area is 99.0 Å². The molecule has 7 heteroatoms. The van der Waals surface area contributed by atoms with Gasteiger partial charge in [-0.25, -0.2) is 4.18 Å². The van der Waals surface area contributed by atoms with Gasteiger partial charge in [0.25, 0.3) is 0 Å². The second-order valence-corrected chi connectivity index (χ2v) is 2.88. The fourth-order valence-corrected chi connectivity index (χ4v) is 0.730. The van der Waals surface area contributed by atoms with Gasteiger partial charge in [0, 0.05) is 0 Å². The van der Waals surface area contributed by atoms with Crippen LogP contribution in [0.2, 0.25) is 0 Å². The van der Waals surface area contributed by atoms with Crippen molar-refractivity contribution in [2.24, 2.45) is 0 Å². The van der Waals surface area contributed by atoms with Crippen LogP contribution in [0.25, 0.3) is 0 Å². The van der Waals surface area contributed by atoms with E-state index in [0.717, 1.165) is 7.11 Å². The van der Waals surface area contributed by atoms with Gasteiger partial charge in [-0.05, 0) is 6.42 Å². The van der Waals surface area contributed by atoms with Crippen LogP contribution < -0.4 is 0 Å². The van der Waals surface area contributed by atoms with Gasteiger partial charge in [0.05, 0.1) is 7.11 Å². The molecule has 0 aromatic carbocycles. The second kappa shape index (κ2) is 6.59. The molecule has 0 radical (unpaired) electrons. The summed E-state index contributed by atoms with van der Waals surface area (Å²) >= 11 is 0. The first-order valence-electron chi connectivity index (χ1n) is 2.68. The third-order valence-corrected chi connectivity index (χ3v) is 1.65. The van der Waals surface area contributed by atoms with Crippen LogP contribution in [0.15, 0.2) is 0 Å². The predicted octanol–water partition coefficient (Wildman–Crippen LogP) is -0.533. The maximum atomic E-state index is 10.4. The molecule has 0 aliphatic rings. The van der Waals surface area contributed by atoms with Crippen molar-refractivity contribution in [3.63, 3.8) is 0 Å². The molecule has 0 rings (SSSR count). The van der Waals surface area contributed by atoms with Gasteiger partial charge < -0.3 is 7.96 Å². The Morgan fingerprint density at radius 3 is 2.36 bits per heavy atom. The van der Waals surface area contributed by atoms with Crippen molar-refractivity contribution in [1.29, 1.82) is 0 Å². The molecule has 0 aliphatic carbocycles. The molecule has 0 fully saturated rings. The van der Waals surface area contributed by atoms with Crippen LogP contribution in [0.4, 0.5) is 0 Å². The number of hydrogen-bond acceptors (Lipinski definition) is 5. The summed E-state index contributed by atoms with van der Waals surface area (Å²) < 4.78 is 28.7. The molecule has 0 heterocycles. The molecule has 1 unspecified atom stereocenters. The van der Waals surface area contributed by atoms with Gasteiger partial charge >= 0.3 is 48.1 Å². The van der Waals surface area contributed by atoms with E-state index in [1.165, 1.54) is 0 Å². The van der Waals surface area contributed by atoms with Crippen LogP contribution in [0.1, 0.15) is 16.2 Å². The molecule has 1 N–H and O–H groups in total. The first-order chi connectivity index (χ1) is 4.52. The average Bonchev–Trinajstić information content (AvgIpc) is 1.87. The van der Waals surface area contributed by atoms with Gasteiger partial charge in [0.2, 0.25) is 0 Å². The van der Waals surface area contributed by atoms with Crippen LogP contribution in [0, 0.1) is 0 Å². The summed E-state index contributed by atoms with van der Waals surface area (Å²) in [5.41, 5.74) is 0. The fraction of sp³-hybridized carbons (Fsp3) is 1.00. The summed E-state index contributed by atoms with van der Waals surface area (Å²) in [6.07, 6.45) is -1.12. The predicted molar refractivity (Wildman–Crippen MR) is 41.3 cm³/mol. The van der Waals surface area contributed by atoms with Crippen LogP contribution in [-0.4, -0.2) is 64.7 Å². The van der Waals surface area contributed by atoms with Crippen LogP contribution in [0.5, 0.6) is 0 Å². The summed E-state index contributed by atoms with van der Waals surface area (Å²) in [7, 11) is -3.02. The minimum atomic E-state index is -3.98. The third kappa shape index (κ3) is 7.45. The van der Waals surface area contributed by atoms with Gasteiger partial charge in [-0.3, -0.25) is 4.18 Å². The zero-order chi connectivity index (χ0) is 8.20. The van der Waals surface area contributed by atoms with E-state index in [1.807, 2.05) is 0 Å². The van der Waals surface area contributed by atoms with E-state index in [9.17, 15) is 8.42 Å². The maximum absolute atomic E-state index is 10.4. The molecule has 0 saturated heterocycles. The van der Waals surface area contributed by atoms with Gasteiger partial charge in [-0.1, -0.05) is 6.92 Å². The summed E-state index contributed by atoms with van der Waals surface area (Å²) in [6.45, 7) is 1.58. The van der Waals surface area contributed by atoms with E-state index in [4.69, 9.17) is 5.11 Å². The van der Waals surface area contributed by atoms with Gasteiger partial charge in [0.15, 0.2) is 6.29 Å². The zero-order valence-corrected chi connectivity index (χ0v) is 9.50. The Hall–Kier alpha value is 1.09. The van der Waals surface area contributed by atoms with E-state index >= 15 is 0 Å². The van der Waals surface area contributed by atoms with Crippen molar-refractivity contribution in [2.75, 3.05) is 7.11 Å². The monoisotopic (exact) mass is 212 g/mol. The molecule has 0 aromatic rings. The summed E-state index contributed by atoms with van der Waals surface area (Å²) in [4.78, 5) is 0. The molecule has 66 valence electrons. The van der Waals surface area contributed by atoms with Crippen molar-refractivity contribution in [1.82, 2.24) is 0 Å². The molecule has 0 saturated carbocycles. The van der Waals surface area contributed by atoms with Crippen molar-refractivity contribution >= 4 is 48.1 Å². The minimum Gasteiger partial charge on any atom is -1.00 e. The molecule has 0 amide bonds. The van der Waals surface area contributed by atoms with Gasteiger partial charge in [-0.15, -0.1) is 0 Å². The normalized spacial score (nSPS) is 13.7. The SMILES string of the molecule is CCC(O)OS(=O)(=O)OC.[Ca+2].[H-].[H-]. The molecule has 0 bridgehead atoms. The molecule has 1 atom stereocenters. The molecular formula is C4H12CaO5S. The van der Waals surface area contributed by atoms with Crippen molar-refractivity contribution in [3.05, 3.63) is 0 Å². The summed E-state index contributed by atoms with van der Waals surface area (Å²) in [5, 5.41) is 8.64. The smallest absolute Gasteiger partial charge is 1.00 e. The number of aliphatic hydroxyl groups excluding tert-OH is 1. The maximum Gasteiger partial charge on any atom is 2.00 e. The summed E-state index contributed by atoms with van der Waals surface area (Å²) in [6, 6.07) is 0. The first-order valence-corrected chi connectivity index (χ1v) is 4.02. The van der Waals surface area contributed by atoms with E-state index < -0.39 is 16.7 Å². The van der Waals surface area contributed by atoms with Crippen molar-refractivity contribution in [2.45, 2.75) is 19.6 Å².